The molecular weight excluding hydrogens is 464 g/mol. The molecule has 6 rings (SSSR count). The summed E-state index contributed by atoms with van der Waals surface area (Å²) in [5.74, 6) is 2.85. The van der Waals surface area contributed by atoms with Gasteiger partial charge in [0.2, 0.25) is 6.23 Å². The summed E-state index contributed by atoms with van der Waals surface area (Å²) in [5.41, 5.74) is 0.796. The van der Waals surface area contributed by atoms with Gasteiger partial charge in [0.25, 0.3) is 0 Å². The lowest BCUT2D eigenvalue weighted by Gasteiger charge is -2.32. The molecule has 35 heavy (non-hydrogen) atoms. The lowest BCUT2D eigenvalue weighted by Crippen LogP contribution is -2.33. The third-order valence-corrected chi connectivity index (χ3v) is 6.99. The van der Waals surface area contributed by atoms with Crippen LogP contribution in [0.4, 0.5) is 5.82 Å². The Morgan fingerprint density at radius 2 is 1.89 bits per heavy atom. The number of rotatable bonds is 7. The predicted molar refractivity (Wildman–Crippen MR) is 128 cm³/mol. The highest BCUT2D eigenvalue weighted by atomic mass is 32.1. The molecule has 0 N–H and O–H groups in total. The number of imidazole rings is 1. The highest BCUT2D eigenvalue weighted by Crippen LogP contribution is 2.34. The molecule has 1 aromatic carbocycles. The number of aromatic nitrogens is 9. The summed E-state index contributed by atoms with van der Waals surface area (Å²) in [7, 11) is 0. The molecule has 1 unspecified atom stereocenters. The van der Waals surface area contributed by atoms with Gasteiger partial charge in [-0.15, -0.1) is 16.4 Å². The van der Waals surface area contributed by atoms with E-state index >= 15 is 0 Å². The Kier molecular flexibility index (Phi) is 5.85. The van der Waals surface area contributed by atoms with Crippen LogP contribution < -0.4 is 9.64 Å². The average molecular weight is 487 g/mol. The molecule has 12 heteroatoms. The normalized spacial score (nSPS) is 15.3. The van der Waals surface area contributed by atoms with Crippen LogP contribution >= 0.6 is 11.3 Å². The zero-order valence-corrected chi connectivity index (χ0v) is 19.5. The van der Waals surface area contributed by atoms with Crippen LogP contribution in [0.2, 0.25) is 0 Å². The number of hydrogen-bond donors (Lipinski definition) is 0. The van der Waals surface area contributed by atoms with Gasteiger partial charge in [-0.25, -0.2) is 19.9 Å². The summed E-state index contributed by atoms with van der Waals surface area (Å²) < 4.78 is 9.67. The third kappa shape index (κ3) is 4.60. The molecule has 0 spiro atoms. The van der Waals surface area contributed by atoms with E-state index in [0.717, 1.165) is 54.0 Å². The molecule has 11 nitrogen and oxygen atoms in total. The maximum absolute atomic E-state index is 6.20. The van der Waals surface area contributed by atoms with Gasteiger partial charge in [-0.2, -0.15) is 4.68 Å². The van der Waals surface area contributed by atoms with Gasteiger partial charge in [0.1, 0.15) is 42.1 Å². The van der Waals surface area contributed by atoms with E-state index in [1.54, 1.807) is 41.2 Å². The minimum atomic E-state index is -0.528. The molecule has 1 aliphatic rings. The summed E-state index contributed by atoms with van der Waals surface area (Å²) in [6, 6.07) is 11.6. The molecule has 1 atom stereocenters. The molecule has 0 aliphatic carbocycles. The molecule has 4 aromatic heterocycles. The molecule has 0 saturated carbocycles. The van der Waals surface area contributed by atoms with Gasteiger partial charge in [-0.1, -0.05) is 18.2 Å². The molecular formula is C23H22N10OS. The fraction of sp³-hybridized carbons (Fsp3) is 0.261. The van der Waals surface area contributed by atoms with Crippen molar-refractivity contribution in [2.75, 3.05) is 18.0 Å². The Morgan fingerprint density at radius 3 is 2.66 bits per heavy atom. The van der Waals surface area contributed by atoms with Crippen molar-refractivity contribution >= 4 is 17.2 Å². The van der Waals surface area contributed by atoms with Crippen molar-refractivity contribution in [3.8, 4) is 11.6 Å². The Morgan fingerprint density at radius 1 is 1.03 bits per heavy atom. The van der Waals surface area contributed by atoms with E-state index in [2.05, 4.69) is 35.4 Å². The molecule has 0 bridgehead atoms. The van der Waals surface area contributed by atoms with Crippen LogP contribution in [0.15, 0.2) is 73.2 Å². The summed E-state index contributed by atoms with van der Waals surface area (Å²) in [6.45, 7) is 1.80. The van der Waals surface area contributed by atoms with Crippen molar-refractivity contribution in [3.05, 3.63) is 83.9 Å². The topological polar surface area (TPSA) is 113 Å². The quantitative estimate of drug-likeness (QED) is 0.342. The van der Waals surface area contributed by atoms with Gasteiger partial charge < -0.3 is 9.64 Å². The molecule has 1 aliphatic heterocycles. The number of piperidine rings is 1. The number of para-hydroxylation sites is 1. The number of benzene rings is 1. The number of thiazole rings is 1. The van der Waals surface area contributed by atoms with E-state index in [1.807, 2.05) is 52.5 Å². The Bertz CT molecular complexity index is 1350. The van der Waals surface area contributed by atoms with E-state index in [0.29, 0.717) is 5.92 Å². The van der Waals surface area contributed by atoms with Crippen LogP contribution in [0.25, 0.3) is 5.82 Å². The summed E-state index contributed by atoms with van der Waals surface area (Å²) >= 11 is 1.66. The molecule has 0 radical (unpaired) electrons. The van der Waals surface area contributed by atoms with Crippen molar-refractivity contribution in [2.45, 2.75) is 25.0 Å². The number of nitrogens with zero attached hydrogens (tertiary/aromatic N) is 10. The zero-order valence-electron chi connectivity index (χ0n) is 18.7. The molecule has 1 fully saturated rings. The van der Waals surface area contributed by atoms with Crippen LogP contribution in [0.1, 0.15) is 35.7 Å². The first-order valence-corrected chi connectivity index (χ1v) is 12.2. The first-order chi connectivity index (χ1) is 17.3. The van der Waals surface area contributed by atoms with Gasteiger partial charge >= 0.3 is 0 Å². The largest absolute Gasteiger partial charge is 0.463 e. The predicted octanol–water partition coefficient (Wildman–Crippen LogP) is 3.12. The van der Waals surface area contributed by atoms with Crippen molar-refractivity contribution in [1.29, 1.82) is 0 Å². The zero-order chi connectivity index (χ0) is 23.5. The van der Waals surface area contributed by atoms with Crippen LogP contribution in [0.5, 0.6) is 5.75 Å². The average Bonchev–Trinajstić information content (AvgIpc) is 3.71. The maximum atomic E-state index is 6.20. The molecule has 1 saturated heterocycles. The van der Waals surface area contributed by atoms with Gasteiger partial charge in [0, 0.05) is 42.8 Å². The van der Waals surface area contributed by atoms with Crippen LogP contribution in [0.3, 0.4) is 0 Å². The molecule has 0 amide bonds. The summed E-state index contributed by atoms with van der Waals surface area (Å²) in [5, 5.41) is 14.7. The van der Waals surface area contributed by atoms with E-state index in [4.69, 9.17) is 9.72 Å². The summed E-state index contributed by atoms with van der Waals surface area (Å²) in [6.07, 6.45) is 9.97. The monoisotopic (exact) mass is 486 g/mol. The maximum Gasteiger partial charge on any atom is 0.238 e. The SMILES string of the molecule is c1ccc(OC(c2csc(C3CCN(c4cc(-n5ccnc5)ncn4)CC3)n2)n2cnnn2)cc1. The van der Waals surface area contributed by atoms with Crippen molar-refractivity contribution < 1.29 is 4.74 Å². The highest BCUT2D eigenvalue weighted by molar-refractivity contribution is 7.09. The second-order valence-corrected chi connectivity index (χ2v) is 9.04. The number of tetrazole rings is 1. The molecule has 5 aromatic rings. The van der Waals surface area contributed by atoms with E-state index in [1.165, 1.54) is 0 Å². The Balaban J connectivity index is 1.15. The van der Waals surface area contributed by atoms with Gasteiger partial charge in [-0.3, -0.25) is 4.57 Å². The fourth-order valence-electron chi connectivity index (χ4n) is 4.16. The minimum absolute atomic E-state index is 0.381. The highest BCUT2D eigenvalue weighted by Gasteiger charge is 2.27. The van der Waals surface area contributed by atoms with Gasteiger partial charge in [0.05, 0.1) is 5.01 Å². The first kappa shape index (κ1) is 21.4. The number of hydrogen-bond acceptors (Lipinski definition) is 10. The van der Waals surface area contributed by atoms with Gasteiger partial charge in [0.15, 0.2) is 0 Å². The fourth-order valence-corrected chi connectivity index (χ4v) is 5.15. The molecule has 176 valence electrons. The number of ether oxygens (including phenoxy) is 1. The first-order valence-electron chi connectivity index (χ1n) is 11.3. The summed E-state index contributed by atoms with van der Waals surface area (Å²) in [4.78, 5) is 20.2. The van der Waals surface area contributed by atoms with Crippen molar-refractivity contribution in [1.82, 2.24) is 44.7 Å². The standard InChI is InChI=1S/C23H22N10OS/c1-2-4-18(5-3-1)34-23(33-16-27-29-30-33)19-13-35-22(28-19)17-6-9-31(10-7-17)20-12-21(26-14-25-20)32-11-8-24-15-32/h1-5,8,11-17,23H,6-7,9-10H2. The van der Waals surface area contributed by atoms with E-state index in [9.17, 15) is 0 Å². The number of anilines is 1. The second-order valence-electron chi connectivity index (χ2n) is 8.15. The lowest BCUT2D eigenvalue weighted by molar-refractivity contribution is 0.152. The Hall–Kier alpha value is -4.19. The van der Waals surface area contributed by atoms with Crippen LogP contribution in [-0.2, 0) is 0 Å². The smallest absolute Gasteiger partial charge is 0.238 e. The van der Waals surface area contributed by atoms with Crippen LogP contribution in [-0.4, -0.2) is 57.8 Å². The molecule has 5 heterocycles. The Labute approximate surface area is 205 Å². The van der Waals surface area contributed by atoms with Crippen LogP contribution in [0, 0.1) is 0 Å². The minimum Gasteiger partial charge on any atom is -0.463 e. The second kappa shape index (κ2) is 9.58. The third-order valence-electron chi connectivity index (χ3n) is 5.96. The van der Waals surface area contributed by atoms with E-state index < -0.39 is 6.23 Å². The lowest BCUT2D eigenvalue weighted by atomic mass is 9.97. The van der Waals surface area contributed by atoms with Crippen molar-refractivity contribution in [3.63, 3.8) is 0 Å². The van der Waals surface area contributed by atoms with Crippen molar-refractivity contribution in [2.24, 2.45) is 0 Å². The van der Waals surface area contributed by atoms with Gasteiger partial charge in [-0.05, 0) is 35.4 Å². The van der Waals surface area contributed by atoms with E-state index in [-0.39, 0.29) is 0 Å².